The molecule has 0 saturated carbocycles. The number of hydrogen-bond donors (Lipinski definition) is 0. The molecule has 0 spiro atoms. The average molecular weight is 282 g/mol. The van der Waals surface area contributed by atoms with Crippen LogP contribution in [0.15, 0.2) is 24.5 Å². The molecule has 0 aromatic carbocycles. The Morgan fingerprint density at radius 1 is 1.42 bits per heavy atom. The Bertz CT molecular complexity index is 381. The first kappa shape index (κ1) is 14.8. The topological polar surface area (TPSA) is 27.7 Å². The predicted octanol–water partition coefficient (Wildman–Crippen LogP) is 3.49. The van der Waals surface area contributed by atoms with Crippen LogP contribution in [0.2, 0.25) is 18.1 Å². The van der Waals surface area contributed by atoms with Crippen molar-refractivity contribution in [2.75, 3.05) is 13.2 Å². The van der Waals surface area contributed by atoms with Gasteiger partial charge in [-0.25, -0.2) is 0 Å². The van der Waals surface area contributed by atoms with Crippen molar-refractivity contribution in [3.05, 3.63) is 24.5 Å². The van der Waals surface area contributed by atoms with Crippen LogP contribution in [0, 0.1) is 5.92 Å². The van der Waals surface area contributed by atoms with Gasteiger partial charge in [0, 0.05) is 5.92 Å². The molecular formula is C15H26O3Si. The highest BCUT2D eigenvalue weighted by Gasteiger charge is 2.42. The lowest BCUT2D eigenvalue weighted by Crippen LogP contribution is -2.46. The number of hydrogen-bond acceptors (Lipinski definition) is 3. The van der Waals surface area contributed by atoms with Gasteiger partial charge in [-0.15, -0.1) is 0 Å². The Hall–Kier alpha value is -0.583. The third-order valence-corrected chi connectivity index (χ3v) is 9.11. The van der Waals surface area contributed by atoms with Gasteiger partial charge in [0.05, 0.1) is 19.5 Å². The molecule has 2 aliphatic heterocycles. The minimum absolute atomic E-state index is 0.0108. The summed E-state index contributed by atoms with van der Waals surface area (Å²) in [6.45, 7) is 16.6. The fraction of sp³-hybridized carbons (Fsp3) is 0.733. The zero-order valence-corrected chi connectivity index (χ0v) is 13.7. The second-order valence-corrected chi connectivity index (χ2v) is 11.8. The van der Waals surface area contributed by atoms with E-state index in [0.29, 0.717) is 19.1 Å². The SMILES string of the molecule is C=C1CO[C@H]2[C@@H]1C=CO[C@@H]2CO[Si](C)(C)C(C)(C)C. The van der Waals surface area contributed by atoms with E-state index in [9.17, 15) is 0 Å². The highest BCUT2D eigenvalue weighted by Crippen LogP contribution is 2.38. The number of ether oxygens (including phenoxy) is 2. The summed E-state index contributed by atoms with van der Waals surface area (Å²) in [5.41, 5.74) is 1.14. The molecule has 0 aliphatic carbocycles. The molecule has 0 aromatic heterocycles. The molecule has 0 amide bonds. The van der Waals surface area contributed by atoms with Crippen molar-refractivity contribution in [1.82, 2.24) is 0 Å². The number of rotatable bonds is 3. The Balaban J connectivity index is 1.97. The molecule has 3 nitrogen and oxygen atoms in total. The van der Waals surface area contributed by atoms with Gasteiger partial charge < -0.3 is 13.9 Å². The molecule has 108 valence electrons. The monoisotopic (exact) mass is 282 g/mol. The maximum Gasteiger partial charge on any atom is 0.192 e. The minimum atomic E-state index is -1.73. The van der Waals surface area contributed by atoms with Crippen molar-refractivity contribution >= 4 is 8.32 Å². The van der Waals surface area contributed by atoms with Crippen LogP contribution in [0.1, 0.15) is 20.8 Å². The molecule has 0 N–H and O–H groups in total. The summed E-state index contributed by atoms with van der Waals surface area (Å²) in [6, 6.07) is 0. The molecule has 1 saturated heterocycles. The smallest absolute Gasteiger partial charge is 0.192 e. The average Bonchev–Trinajstić information content (AvgIpc) is 2.68. The van der Waals surface area contributed by atoms with E-state index in [0.717, 1.165) is 5.57 Å². The van der Waals surface area contributed by atoms with E-state index >= 15 is 0 Å². The van der Waals surface area contributed by atoms with E-state index < -0.39 is 8.32 Å². The Morgan fingerprint density at radius 3 is 2.74 bits per heavy atom. The Morgan fingerprint density at radius 2 is 2.11 bits per heavy atom. The molecule has 0 bridgehead atoms. The lowest BCUT2D eigenvalue weighted by Gasteiger charge is -2.38. The molecule has 0 aromatic rings. The van der Waals surface area contributed by atoms with Crippen molar-refractivity contribution in [2.45, 2.75) is 51.1 Å². The van der Waals surface area contributed by atoms with Gasteiger partial charge in [0.15, 0.2) is 8.32 Å². The second kappa shape index (κ2) is 5.07. The molecule has 2 aliphatic rings. The van der Waals surface area contributed by atoms with Gasteiger partial charge in [0.1, 0.15) is 12.2 Å². The van der Waals surface area contributed by atoms with Crippen LogP contribution < -0.4 is 0 Å². The molecule has 1 fully saturated rings. The summed E-state index contributed by atoms with van der Waals surface area (Å²) in [7, 11) is -1.73. The molecule has 4 heteroatoms. The van der Waals surface area contributed by atoms with Crippen LogP contribution in [0.25, 0.3) is 0 Å². The van der Waals surface area contributed by atoms with Crippen LogP contribution in [0.3, 0.4) is 0 Å². The maximum atomic E-state index is 6.25. The van der Waals surface area contributed by atoms with Crippen LogP contribution in [0.4, 0.5) is 0 Å². The van der Waals surface area contributed by atoms with Gasteiger partial charge in [0.25, 0.3) is 0 Å². The van der Waals surface area contributed by atoms with Crippen molar-refractivity contribution in [3.8, 4) is 0 Å². The first-order valence-corrected chi connectivity index (χ1v) is 9.88. The van der Waals surface area contributed by atoms with Gasteiger partial charge in [-0.05, 0) is 29.8 Å². The predicted molar refractivity (Wildman–Crippen MR) is 79.5 cm³/mol. The van der Waals surface area contributed by atoms with Gasteiger partial charge in [0.2, 0.25) is 0 Å². The fourth-order valence-electron chi connectivity index (χ4n) is 2.17. The van der Waals surface area contributed by atoms with Gasteiger partial charge >= 0.3 is 0 Å². The normalized spacial score (nSPS) is 31.2. The molecular weight excluding hydrogens is 256 g/mol. The van der Waals surface area contributed by atoms with Gasteiger partial charge in [-0.3, -0.25) is 0 Å². The van der Waals surface area contributed by atoms with Gasteiger partial charge in [-0.1, -0.05) is 27.4 Å². The summed E-state index contributed by atoms with van der Waals surface area (Å²) in [6.07, 6.45) is 3.88. The molecule has 3 atom stereocenters. The standard InChI is InChI=1S/C15H26O3Si/c1-11-9-17-14-12(11)7-8-16-13(14)10-18-19(5,6)15(2,3)4/h7-8,12-14H,1,9-10H2,2-6H3/t12-,13-,14+/m1/s1. The third kappa shape index (κ3) is 2.96. The lowest BCUT2D eigenvalue weighted by molar-refractivity contribution is -0.0520. The molecule has 2 heterocycles. The van der Waals surface area contributed by atoms with Gasteiger partial charge in [-0.2, -0.15) is 0 Å². The van der Waals surface area contributed by atoms with Crippen LogP contribution in [-0.4, -0.2) is 33.7 Å². The van der Waals surface area contributed by atoms with E-state index in [2.05, 4.69) is 40.4 Å². The summed E-state index contributed by atoms with van der Waals surface area (Å²) < 4.78 is 17.7. The minimum Gasteiger partial charge on any atom is -0.493 e. The fourth-order valence-corrected chi connectivity index (χ4v) is 3.18. The van der Waals surface area contributed by atoms with E-state index in [1.807, 2.05) is 6.08 Å². The first-order chi connectivity index (χ1) is 8.72. The highest BCUT2D eigenvalue weighted by atomic mass is 28.4. The van der Waals surface area contributed by atoms with E-state index in [1.54, 1.807) is 6.26 Å². The molecule has 0 unspecified atom stereocenters. The third-order valence-electron chi connectivity index (χ3n) is 4.61. The van der Waals surface area contributed by atoms with Crippen molar-refractivity contribution in [2.24, 2.45) is 5.92 Å². The number of fused-ring (bicyclic) bond motifs is 1. The first-order valence-electron chi connectivity index (χ1n) is 6.98. The van der Waals surface area contributed by atoms with E-state index in [1.165, 1.54) is 0 Å². The zero-order valence-electron chi connectivity index (χ0n) is 12.7. The Labute approximate surface area is 117 Å². The summed E-state index contributed by atoms with van der Waals surface area (Å²) in [5.74, 6) is 0.293. The quantitative estimate of drug-likeness (QED) is 0.586. The van der Waals surface area contributed by atoms with Crippen molar-refractivity contribution in [3.63, 3.8) is 0 Å². The summed E-state index contributed by atoms with van der Waals surface area (Å²) >= 11 is 0. The van der Waals surface area contributed by atoms with Crippen molar-refractivity contribution in [1.29, 1.82) is 0 Å². The molecule has 19 heavy (non-hydrogen) atoms. The largest absolute Gasteiger partial charge is 0.493 e. The second-order valence-electron chi connectivity index (χ2n) is 7.03. The van der Waals surface area contributed by atoms with Crippen molar-refractivity contribution < 1.29 is 13.9 Å². The zero-order chi connectivity index (χ0) is 14.3. The molecule has 2 rings (SSSR count). The van der Waals surface area contributed by atoms with E-state index in [-0.39, 0.29) is 17.2 Å². The van der Waals surface area contributed by atoms with Crippen LogP contribution in [0.5, 0.6) is 0 Å². The van der Waals surface area contributed by atoms with Crippen LogP contribution in [-0.2, 0) is 13.9 Å². The van der Waals surface area contributed by atoms with Crippen LogP contribution >= 0.6 is 0 Å². The Kier molecular flexibility index (Phi) is 3.96. The highest BCUT2D eigenvalue weighted by molar-refractivity contribution is 6.74. The lowest BCUT2D eigenvalue weighted by atomic mass is 9.93. The molecule has 0 radical (unpaired) electrons. The van der Waals surface area contributed by atoms with E-state index in [4.69, 9.17) is 13.9 Å². The maximum absolute atomic E-state index is 6.25. The summed E-state index contributed by atoms with van der Waals surface area (Å²) in [4.78, 5) is 0. The summed E-state index contributed by atoms with van der Waals surface area (Å²) in [5, 5.41) is 0.219.